The number of carbonyl (C=O) groups is 1. The third kappa shape index (κ3) is 4.70. The highest BCUT2D eigenvalue weighted by molar-refractivity contribution is 5.66. The van der Waals surface area contributed by atoms with Crippen LogP contribution in [0.1, 0.15) is 29.5 Å². The SMILES string of the molecule is O=C(O)CCCc1cccc(OCc2cc(F)cc3c2OCOC3)c1. The minimum absolute atomic E-state index is 0.139. The van der Waals surface area contributed by atoms with Gasteiger partial charge in [0.25, 0.3) is 0 Å². The van der Waals surface area contributed by atoms with Crippen molar-refractivity contribution in [3.05, 3.63) is 58.9 Å². The van der Waals surface area contributed by atoms with Gasteiger partial charge in [-0.05, 0) is 42.7 Å². The number of fused-ring (bicyclic) bond motifs is 1. The van der Waals surface area contributed by atoms with Crippen LogP contribution >= 0.6 is 0 Å². The number of ether oxygens (including phenoxy) is 3. The molecule has 2 aromatic carbocycles. The van der Waals surface area contributed by atoms with E-state index >= 15 is 0 Å². The van der Waals surface area contributed by atoms with Crippen LogP contribution in [0.15, 0.2) is 36.4 Å². The van der Waals surface area contributed by atoms with Crippen LogP contribution in [0.2, 0.25) is 0 Å². The summed E-state index contributed by atoms with van der Waals surface area (Å²) >= 11 is 0. The molecule has 5 nitrogen and oxygen atoms in total. The molecule has 0 saturated carbocycles. The molecule has 3 rings (SSSR count). The average Bonchev–Trinajstić information content (AvgIpc) is 2.59. The molecule has 0 aromatic heterocycles. The van der Waals surface area contributed by atoms with Gasteiger partial charge in [-0.2, -0.15) is 0 Å². The number of carboxylic acid groups (broad SMARTS) is 1. The van der Waals surface area contributed by atoms with Crippen molar-refractivity contribution in [3.63, 3.8) is 0 Å². The van der Waals surface area contributed by atoms with E-state index in [9.17, 15) is 9.18 Å². The summed E-state index contributed by atoms with van der Waals surface area (Å²) < 4.78 is 30.2. The molecule has 0 spiro atoms. The van der Waals surface area contributed by atoms with Crippen LogP contribution in [0.5, 0.6) is 11.5 Å². The van der Waals surface area contributed by atoms with Crippen LogP contribution in [-0.2, 0) is 29.2 Å². The van der Waals surface area contributed by atoms with Gasteiger partial charge >= 0.3 is 5.97 Å². The van der Waals surface area contributed by atoms with E-state index in [4.69, 9.17) is 19.3 Å². The molecule has 2 aromatic rings. The second kappa shape index (κ2) is 7.98. The van der Waals surface area contributed by atoms with E-state index in [0.717, 1.165) is 5.56 Å². The highest BCUT2D eigenvalue weighted by atomic mass is 19.1. The zero-order valence-corrected chi connectivity index (χ0v) is 13.7. The zero-order valence-electron chi connectivity index (χ0n) is 13.7. The fraction of sp³-hybridized carbons (Fsp3) is 0.316. The first-order valence-corrected chi connectivity index (χ1v) is 8.07. The van der Waals surface area contributed by atoms with Gasteiger partial charge in [-0.15, -0.1) is 0 Å². The van der Waals surface area contributed by atoms with Crippen LogP contribution < -0.4 is 9.47 Å². The fourth-order valence-electron chi connectivity index (χ4n) is 2.76. The van der Waals surface area contributed by atoms with Gasteiger partial charge in [0.1, 0.15) is 23.9 Å². The second-order valence-electron chi connectivity index (χ2n) is 5.85. The molecular formula is C19H19FO5. The van der Waals surface area contributed by atoms with Gasteiger partial charge in [0, 0.05) is 17.5 Å². The molecule has 0 radical (unpaired) electrons. The van der Waals surface area contributed by atoms with Crippen LogP contribution in [-0.4, -0.2) is 17.9 Å². The number of rotatable bonds is 7. The molecule has 0 aliphatic carbocycles. The largest absolute Gasteiger partial charge is 0.489 e. The lowest BCUT2D eigenvalue weighted by Crippen LogP contribution is -2.14. The lowest BCUT2D eigenvalue weighted by molar-refractivity contribution is -0.137. The maximum atomic E-state index is 13.7. The molecule has 25 heavy (non-hydrogen) atoms. The van der Waals surface area contributed by atoms with E-state index in [0.29, 0.717) is 42.1 Å². The first-order valence-electron chi connectivity index (χ1n) is 8.07. The minimum Gasteiger partial charge on any atom is -0.489 e. The highest BCUT2D eigenvalue weighted by Crippen LogP contribution is 2.30. The number of aryl methyl sites for hydroxylation is 1. The average molecular weight is 346 g/mol. The third-order valence-electron chi connectivity index (χ3n) is 3.90. The van der Waals surface area contributed by atoms with E-state index < -0.39 is 5.97 Å². The Bertz CT molecular complexity index is 759. The molecule has 6 heteroatoms. The molecule has 0 atom stereocenters. The molecule has 0 unspecified atom stereocenters. The summed E-state index contributed by atoms with van der Waals surface area (Å²) in [5.74, 6) is 0.115. The highest BCUT2D eigenvalue weighted by Gasteiger charge is 2.17. The van der Waals surface area contributed by atoms with Gasteiger partial charge in [0.2, 0.25) is 0 Å². The molecule has 0 fully saturated rings. The van der Waals surface area contributed by atoms with Crippen molar-refractivity contribution in [1.82, 2.24) is 0 Å². The molecule has 0 bridgehead atoms. The Balaban J connectivity index is 1.66. The fourth-order valence-corrected chi connectivity index (χ4v) is 2.76. The summed E-state index contributed by atoms with van der Waals surface area (Å²) in [7, 11) is 0. The van der Waals surface area contributed by atoms with Crippen molar-refractivity contribution in [2.24, 2.45) is 0 Å². The Morgan fingerprint density at radius 2 is 2.16 bits per heavy atom. The van der Waals surface area contributed by atoms with Gasteiger partial charge in [-0.1, -0.05) is 12.1 Å². The Morgan fingerprint density at radius 3 is 3.00 bits per heavy atom. The molecular weight excluding hydrogens is 327 g/mol. The quantitative estimate of drug-likeness (QED) is 0.828. The smallest absolute Gasteiger partial charge is 0.303 e. The van der Waals surface area contributed by atoms with Crippen molar-refractivity contribution < 1.29 is 28.5 Å². The Labute approximate surface area is 144 Å². The summed E-state index contributed by atoms with van der Waals surface area (Å²) in [6.07, 6.45) is 1.38. The second-order valence-corrected chi connectivity index (χ2v) is 5.85. The van der Waals surface area contributed by atoms with Gasteiger partial charge in [-0.3, -0.25) is 4.79 Å². The Morgan fingerprint density at radius 1 is 1.28 bits per heavy atom. The zero-order chi connectivity index (χ0) is 17.6. The van der Waals surface area contributed by atoms with Gasteiger partial charge in [0.05, 0.1) is 6.61 Å². The molecule has 0 amide bonds. The lowest BCUT2D eigenvalue weighted by Gasteiger charge is -2.21. The summed E-state index contributed by atoms with van der Waals surface area (Å²) in [5.41, 5.74) is 2.31. The van der Waals surface area contributed by atoms with Gasteiger partial charge in [-0.25, -0.2) is 4.39 Å². The number of benzene rings is 2. The minimum atomic E-state index is -0.799. The van der Waals surface area contributed by atoms with Crippen molar-refractivity contribution in [2.75, 3.05) is 6.79 Å². The van der Waals surface area contributed by atoms with Crippen LogP contribution in [0.4, 0.5) is 4.39 Å². The van der Waals surface area contributed by atoms with Gasteiger partial charge < -0.3 is 19.3 Å². The molecule has 1 heterocycles. The standard InChI is InChI=1S/C19H19FO5/c20-16-8-14-10-23-12-25-19(14)15(9-16)11-24-17-5-1-3-13(7-17)4-2-6-18(21)22/h1,3,5,7-9H,2,4,6,10-12H2,(H,21,22). The maximum Gasteiger partial charge on any atom is 0.303 e. The number of hydrogen-bond acceptors (Lipinski definition) is 4. The number of halogens is 1. The number of carboxylic acids is 1. The van der Waals surface area contributed by atoms with Crippen LogP contribution in [0, 0.1) is 5.82 Å². The summed E-state index contributed by atoms with van der Waals surface area (Å²) in [6.45, 7) is 0.641. The van der Waals surface area contributed by atoms with Crippen LogP contribution in [0.3, 0.4) is 0 Å². The van der Waals surface area contributed by atoms with E-state index in [-0.39, 0.29) is 25.6 Å². The van der Waals surface area contributed by atoms with Crippen molar-refractivity contribution in [3.8, 4) is 11.5 Å². The number of hydrogen-bond donors (Lipinski definition) is 1. The molecule has 1 N–H and O–H groups in total. The van der Waals surface area contributed by atoms with Gasteiger partial charge in [0.15, 0.2) is 6.79 Å². The Kier molecular flexibility index (Phi) is 5.50. The predicted octanol–water partition coefficient (Wildman–Crippen LogP) is 3.68. The lowest BCUT2D eigenvalue weighted by atomic mass is 10.1. The normalized spacial score (nSPS) is 13.0. The van der Waals surface area contributed by atoms with Crippen molar-refractivity contribution >= 4 is 5.97 Å². The molecule has 0 saturated heterocycles. The first kappa shape index (κ1) is 17.2. The van der Waals surface area contributed by atoms with E-state index in [1.165, 1.54) is 12.1 Å². The molecule has 1 aliphatic rings. The first-order chi connectivity index (χ1) is 12.1. The third-order valence-corrected chi connectivity index (χ3v) is 3.90. The maximum absolute atomic E-state index is 13.7. The summed E-state index contributed by atoms with van der Waals surface area (Å²) in [6, 6.07) is 10.3. The van der Waals surface area contributed by atoms with Crippen LogP contribution in [0.25, 0.3) is 0 Å². The van der Waals surface area contributed by atoms with E-state index in [1.807, 2.05) is 24.3 Å². The summed E-state index contributed by atoms with van der Waals surface area (Å²) in [5, 5.41) is 8.70. The topological polar surface area (TPSA) is 65.0 Å². The van der Waals surface area contributed by atoms with Crippen molar-refractivity contribution in [1.29, 1.82) is 0 Å². The van der Waals surface area contributed by atoms with E-state index in [1.54, 1.807) is 0 Å². The van der Waals surface area contributed by atoms with Crippen molar-refractivity contribution in [2.45, 2.75) is 32.5 Å². The summed E-state index contributed by atoms with van der Waals surface area (Å²) in [4.78, 5) is 10.6. The predicted molar refractivity (Wildman–Crippen MR) is 88.0 cm³/mol. The molecule has 1 aliphatic heterocycles. The molecule has 132 valence electrons. The van der Waals surface area contributed by atoms with E-state index in [2.05, 4.69) is 0 Å². The monoisotopic (exact) mass is 346 g/mol. The Hall–Kier alpha value is -2.60. The number of aliphatic carboxylic acids is 1.